The Bertz CT molecular complexity index is 1120. The summed E-state index contributed by atoms with van der Waals surface area (Å²) in [5.41, 5.74) is 2.04. The van der Waals surface area contributed by atoms with Crippen molar-refractivity contribution < 1.29 is 4.79 Å². The van der Waals surface area contributed by atoms with E-state index < -0.39 is 0 Å². The fourth-order valence-corrected chi connectivity index (χ4v) is 5.52. The minimum Gasteiger partial charge on any atom is -0.341 e. The molecule has 2 aromatic carbocycles. The van der Waals surface area contributed by atoms with Crippen molar-refractivity contribution in [3.63, 3.8) is 0 Å². The van der Waals surface area contributed by atoms with Gasteiger partial charge in [0.1, 0.15) is 0 Å². The van der Waals surface area contributed by atoms with Crippen LogP contribution in [0.5, 0.6) is 0 Å². The zero-order chi connectivity index (χ0) is 20.3. The van der Waals surface area contributed by atoms with Crippen molar-refractivity contribution in [2.45, 2.75) is 23.9 Å². The van der Waals surface area contributed by atoms with Crippen LogP contribution in [0.3, 0.4) is 0 Å². The molecule has 1 atom stereocenters. The van der Waals surface area contributed by atoms with Gasteiger partial charge in [-0.3, -0.25) is 9.89 Å². The summed E-state index contributed by atoms with van der Waals surface area (Å²) in [5.74, 6) is 1.52. The number of carbonyl (C=O) groups is 1. The average molecular weight is 436 g/mol. The first kappa shape index (κ1) is 19.3. The van der Waals surface area contributed by atoms with Gasteiger partial charge in [-0.2, -0.15) is 0 Å². The number of benzene rings is 2. The highest BCUT2D eigenvalue weighted by Gasteiger charge is 2.27. The van der Waals surface area contributed by atoms with Crippen LogP contribution in [0.1, 0.15) is 23.8 Å². The molecule has 1 saturated heterocycles. The Morgan fingerprint density at radius 3 is 2.83 bits per heavy atom. The normalized spacial score (nSPS) is 16.8. The first-order chi connectivity index (χ1) is 14.8. The molecule has 0 saturated carbocycles. The minimum atomic E-state index is 0.136. The predicted molar refractivity (Wildman–Crippen MR) is 121 cm³/mol. The SMILES string of the molecule is O=C(CSc1n[nH]c(-c2ccccc2)n1)N1CCCC(c2nc3ccccc3s2)C1. The van der Waals surface area contributed by atoms with Gasteiger partial charge in [-0.1, -0.05) is 54.2 Å². The summed E-state index contributed by atoms with van der Waals surface area (Å²) in [6.07, 6.45) is 2.09. The fraction of sp³-hybridized carbons (Fsp3) is 0.273. The van der Waals surface area contributed by atoms with Gasteiger partial charge in [-0.15, -0.1) is 16.4 Å². The standard InChI is InChI=1S/C22H21N5OS2/c28-19(14-29-22-24-20(25-26-22)15-7-2-1-3-8-15)27-12-6-9-16(13-27)21-23-17-10-4-5-11-18(17)30-21/h1-5,7-8,10-11,16H,6,9,12-14H2,(H,24,25,26). The van der Waals surface area contributed by atoms with Crippen LogP contribution in [0.15, 0.2) is 59.8 Å². The molecule has 4 aromatic rings. The van der Waals surface area contributed by atoms with Crippen molar-refractivity contribution in [2.75, 3.05) is 18.8 Å². The molecule has 1 aliphatic rings. The summed E-state index contributed by atoms with van der Waals surface area (Å²) in [4.78, 5) is 24.1. The second-order valence-electron chi connectivity index (χ2n) is 7.32. The smallest absolute Gasteiger partial charge is 0.233 e. The number of H-pyrrole nitrogens is 1. The number of aromatic amines is 1. The lowest BCUT2D eigenvalue weighted by Crippen LogP contribution is -2.40. The number of nitrogens with one attached hydrogen (secondary N) is 1. The topological polar surface area (TPSA) is 74.8 Å². The number of fused-ring (bicyclic) bond motifs is 1. The van der Waals surface area contributed by atoms with Crippen LogP contribution in [-0.2, 0) is 4.79 Å². The quantitative estimate of drug-likeness (QED) is 0.465. The van der Waals surface area contributed by atoms with Gasteiger partial charge in [0.15, 0.2) is 5.82 Å². The largest absolute Gasteiger partial charge is 0.341 e. The van der Waals surface area contributed by atoms with E-state index in [0.717, 1.165) is 47.8 Å². The fourth-order valence-electron chi connectivity index (χ4n) is 3.72. The summed E-state index contributed by atoms with van der Waals surface area (Å²) < 4.78 is 1.21. The number of thioether (sulfide) groups is 1. The Hall–Kier alpha value is -2.71. The minimum absolute atomic E-state index is 0.136. The molecule has 2 aromatic heterocycles. The molecule has 8 heteroatoms. The highest BCUT2D eigenvalue weighted by molar-refractivity contribution is 7.99. The number of piperidine rings is 1. The number of nitrogens with zero attached hydrogens (tertiary/aromatic N) is 4. The van der Waals surface area contributed by atoms with Crippen LogP contribution in [0.2, 0.25) is 0 Å². The number of aromatic nitrogens is 4. The van der Waals surface area contributed by atoms with Gasteiger partial charge in [0.2, 0.25) is 11.1 Å². The van der Waals surface area contributed by atoms with Crippen LogP contribution in [0.25, 0.3) is 21.6 Å². The summed E-state index contributed by atoms with van der Waals surface area (Å²) in [6.45, 7) is 1.55. The molecule has 152 valence electrons. The molecular weight excluding hydrogens is 414 g/mol. The second-order valence-corrected chi connectivity index (χ2v) is 9.32. The maximum absolute atomic E-state index is 12.8. The van der Waals surface area contributed by atoms with E-state index in [1.54, 1.807) is 11.3 Å². The van der Waals surface area contributed by atoms with Crippen LogP contribution in [-0.4, -0.2) is 49.8 Å². The molecule has 1 unspecified atom stereocenters. The first-order valence-electron chi connectivity index (χ1n) is 10.00. The molecule has 0 aliphatic carbocycles. The third-order valence-electron chi connectivity index (χ3n) is 5.27. The van der Waals surface area contributed by atoms with Crippen molar-refractivity contribution in [1.29, 1.82) is 0 Å². The van der Waals surface area contributed by atoms with Gasteiger partial charge in [0.05, 0.1) is 21.0 Å². The number of para-hydroxylation sites is 1. The summed E-state index contributed by atoms with van der Waals surface area (Å²) in [6, 6.07) is 18.1. The first-order valence-corrected chi connectivity index (χ1v) is 11.8. The molecule has 1 aliphatic heterocycles. The molecule has 1 amide bonds. The molecule has 1 fully saturated rings. The van der Waals surface area contributed by atoms with Crippen LogP contribution in [0.4, 0.5) is 0 Å². The zero-order valence-electron chi connectivity index (χ0n) is 16.3. The van der Waals surface area contributed by atoms with Gasteiger partial charge >= 0.3 is 0 Å². The Labute approximate surface area is 182 Å². The van der Waals surface area contributed by atoms with Crippen molar-refractivity contribution in [1.82, 2.24) is 25.1 Å². The van der Waals surface area contributed by atoms with Gasteiger partial charge in [0, 0.05) is 24.6 Å². The maximum atomic E-state index is 12.8. The molecule has 0 bridgehead atoms. The van der Waals surface area contributed by atoms with Gasteiger partial charge in [-0.05, 0) is 25.0 Å². The van der Waals surface area contributed by atoms with Crippen LogP contribution >= 0.6 is 23.1 Å². The lowest BCUT2D eigenvalue weighted by molar-refractivity contribution is -0.129. The molecule has 5 rings (SSSR count). The summed E-state index contributed by atoms with van der Waals surface area (Å²) >= 11 is 3.13. The van der Waals surface area contributed by atoms with Crippen molar-refractivity contribution in [3.05, 3.63) is 59.6 Å². The number of amides is 1. The van der Waals surface area contributed by atoms with Crippen molar-refractivity contribution in [3.8, 4) is 11.4 Å². The van der Waals surface area contributed by atoms with Gasteiger partial charge in [-0.25, -0.2) is 9.97 Å². The maximum Gasteiger partial charge on any atom is 0.233 e. The molecule has 0 radical (unpaired) electrons. The van der Waals surface area contributed by atoms with E-state index in [0.29, 0.717) is 16.8 Å². The number of likely N-dealkylation sites (tertiary alicyclic amines) is 1. The zero-order valence-corrected chi connectivity index (χ0v) is 18.0. The molecular formula is C22H21N5OS2. The molecule has 1 N–H and O–H groups in total. The Morgan fingerprint density at radius 1 is 1.13 bits per heavy atom. The number of hydrogen-bond donors (Lipinski definition) is 1. The van der Waals surface area contributed by atoms with Crippen molar-refractivity contribution in [2.24, 2.45) is 0 Å². The second kappa shape index (κ2) is 8.57. The van der Waals surface area contributed by atoms with E-state index in [4.69, 9.17) is 4.98 Å². The van der Waals surface area contributed by atoms with Crippen molar-refractivity contribution >= 4 is 39.2 Å². The highest BCUT2D eigenvalue weighted by Crippen LogP contribution is 2.33. The van der Waals surface area contributed by atoms with Gasteiger partial charge in [0.25, 0.3) is 0 Å². The number of hydrogen-bond acceptors (Lipinski definition) is 6. The van der Waals surface area contributed by atoms with E-state index in [1.165, 1.54) is 16.5 Å². The van der Waals surface area contributed by atoms with Crippen LogP contribution < -0.4 is 0 Å². The molecule has 30 heavy (non-hydrogen) atoms. The molecule has 6 nitrogen and oxygen atoms in total. The third-order valence-corrected chi connectivity index (χ3v) is 7.30. The lowest BCUT2D eigenvalue weighted by atomic mass is 9.99. The Kier molecular flexibility index (Phi) is 5.50. The number of rotatable bonds is 5. The number of carbonyl (C=O) groups excluding carboxylic acids is 1. The number of thiazole rings is 1. The summed E-state index contributed by atoms with van der Waals surface area (Å²) in [7, 11) is 0. The Balaban J connectivity index is 1.20. The van der Waals surface area contributed by atoms with Crippen LogP contribution in [0, 0.1) is 0 Å². The van der Waals surface area contributed by atoms with Gasteiger partial charge < -0.3 is 4.90 Å². The van der Waals surface area contributed by atoms with E-state index in [2.05, 4.69) is 27.3 Å². The molecule has 3 heterocycles. The lowest BCUT2D eigenvalue weighted by Gasteiger charge is -2.31. The van der Waals surface area contributed by atoms with E-state index >= 15 is 0 Å². The average Bonchev–Trinajstić information content (AvgIpc) is 3.45. The summed E-state index contributed by atoms with van der Waals surface area (Å²) in [5, 5.41) is 8.94. The molecule has 0 spiro atoms. The van der Waals surface area contributed by atoms with E-state index in [9.17, 15) is 4.79 Å². The third kappa shape index (κ3) is 4.11. The highest BCUT2D eigenvalue weighted by atomic mass is 32.2. The monoisotopic (exact) mass is 435 g/mol. The van der Waals surface area contributed by atoms with E-state index in [-0.39, 0.29) is 5.91 Å². The van der Waals surface area contributed by atoms with E-state index in [1.807, 2.05) is 47.4 Å². The predicted octanol–water partition coefficient (Wildman–Crippen LogP) is 4.58. The Morgan fingerprint density at radius 2 is 1.97 bits per heavy atom.